The number of unbranched alkanes of at least 4 members (excludes halogenated alkanes) is 3. The van der Waals surface area contributed by atoms with Gasteiger partial charge in [0.15, 0.2) is 5.82 Å². The van der Waals surface area contributed by atoms with Crippen molar-refractivity contribution in [2.24, 2.45) is 0 Å². The van der Waals surface area contributed by atoms with Crippen LogP contribution in [0.15, 0.2) is 36.7 Å². The molecule has 0 unspecified atom stereocenters. The zero-order valence-corrected chi connectivity index (χ0v) is 13.0. The fourth-order valence-electron chi connectivity index (χ4n) is 2.30. The van der Waals surface area contributed by atoms with Crippen molar-refractivity contribution < 1.29 is 0 Å². The zero-order chi connectivity index (χ0) is 14.9. The van der Waals surface area contributed by atoms with Crippen LogP contribution in [0, 0.1) is 0 Å². The number of hydrogen-bond donors (Lipinski definition) is 0. The van der Waals surface area contributed by atoms with E-state index in [9.17, 15) is 0 Å². The van der Waals surface area contributed by atoms with Crippen molar-refractivity contribution in [2.75, 3.05) is 18.0 Å². The van der Waals surface area contributed by atoms with E-state index in [1.807, 2.05) is 30.3 Å². The lowest BCUT2D eigenvalue weighted by Gasteiger charge is -2.20. The third kappa shape index (κ3) is 4.52. The molecule has 0 bridgehead atoms. The normalized spacial score (nSPS) is 10.6. The van der Waals surface area contributed by atoms with Gasteiger partial charge in [0, 0.05) is 18.7 Å². The molecule has 2 aromatic rings. The van der Waals surface area contributed by atoms with Crippen LogP contribution in [0.5, 0.6) is 0 Å². The second-order valence-corrected chi connectivity index (χ2v) is 5.12. The van der Waals surface area contributed by atoms with Gasteiger partial charge in [0.25, 0.3) is 0 Å². The summed E-state index contributed by atoms with van der Waals surface area (Å²) in [4.78, 5) is 15.5. The third-order valence-corrected chi connectivity index (χ3v) is 3.54. The van der Waals surface area contributed by atoms with E-state index < -0.39 is 0 Å². The lowest BCUT2D eigenvalue weighted by atomic mass is 10.2. The summed E-state index contributed by atoms with van der Waals surface area (Å²) in [5.74, 6) is 1.52. The predicted octanol–water partition coefficient (Wildman–Crippen LogP) is 3.95. The average molecular weight is 284 g/mol. The number of hydrogen-bond acceptors (Lipinski definition) is 4. The maximum Gasteiger partial charge on any atom is 0.228 e. The van der Waals surface area contributed by atoms with Crippen molar-refractivity contribution in [1.29, 1.82) is 0 Å². The molecule has 2 rings (SSSR count). The Kier molecular flexibility index (Phi) is 6.13. The van der Waals surface area contributed by atoms with Crippen LogP contribution in [0.3, 0.4) is 0 Å². The number of aromatic nitrogens is 3. The van der Waals surface area contributed by atoms with Gasteiger partial charge in [-0.2, -0.15) is 4.98 Å². The second kappa shape index (κ2) is 8.35. The molecule has 0 N–H and O–H groups in total. The van der Waals surface area contributed by atoms with Gasteiger partial charge in [-0.25, -0.2) is 9.97 Å². The fraction of sp³-hybridized carbons (Fsp3) is 0.471. The Labute approximate surface area is 127 Å². The lowest BCUT2D eigenvalue weighted by Crippen LogP contribution is -2.26. The summed E-state index contributed by atoms with van der Waals surface area (Å²) in [5, 5.41) is 0. The van der Waals surface area contributed by atoms with E-state index in [4.69, 9.17) is 0 Å². The minimum atomic E-state index is 0.743. The van der Waals surface area contributed by atoms with Crippen LogP contribution in [-0.2, 0) is 0 Å². The molecule has 4 heteroatoms. The van der Waals surface area contributed by atoms with Gasteiger partial charge in [-0.3, -0.25) is 0 Å². The van der Waals surface area contributed by atoms with Crippen molar-refractivity contribution in [3.05, 3.63) is 36.7 Å². The van der Waals surface area contributed by atoms with Crippen molar-refractivity contribution in [1.82, 2.24) is 15.0 Å². The summed E-state index contributed by atoms with van der Waals surface area (Å²) >= 11 is 0. The Morgan fingerprint density at radius 1 is 0.952 bits per heavy atom. The number of nitrogens with zero attached hydrogens (tertiary/aromatic N) is 4. The number of benzene rings is 1. The summed E-state index contributed by atoms with van der Waals surface area (Å²) in [5.41, 5.74) is 1.03. The quantitative estimate of drug-likeness (QED) is 0.688. The molecule has 0 radical (unpaired) electrons. The van der Waals surface area contributed by atoms with Crippen LogP contribution >= 0.6 is 0 Å². The van der Waals surface area contributed by atoms with Gasteiger partial charge in [-0.1, -0.05) is 56.5 Å². The minimum absolute atomic E-state index is 0.743. The molecule has 4 nitrogen and oxygen atoms in total. The Bertz CT molecular complexity index is 527. The van der Waals surface area contributed by atoms with Crippen LogP contribution in [0.25, 0.3) is 11.4 Å². The smallest absolute Gasteiger partial charge is 0.228 e. The van der Waals surface area contributed by atoms with Crippen molar-refractivity contribution in [3.63, 3.8) is 0 Å². The van der Waals surface area contributed by atoms with Crippen LogP contribution < -0.4 is 4.90 Å². The van der Waals surface area contributed by atoms with Gasteiger partial charge in [0.1, 0.15) is 6.33 Å². The van der Waals surface area contributed by atoms with E-state index in [-0.39, 0.29) is 0 Å². The first-order valence-electron chi connectivity index (χ1n) is 7.84. The van der Waals surface area contributed by atoms with Gasteiger partial charge in [0.05, 0.1) is 0 Å². The van der Waals surface area contributed by atoms with E-state index in [0.717, 1.165) is 30.4 Å². The first kappa shape index (κ1) is 15.4. The topological polar surface area (TPSA) is 41.9 Å². The highest BCUT2D eigenvalue weighted by molar-refractivity contribution is 5.55. The maximum atomic E-state index is 4.62. The maximum absolute atomic E-state index is 4.62. The summed E-state index contributed by atoms with van der Waals surface area (Å²) in [6.45, 7) is 6.31. The largest absolute Gasteiger partial charge is 0.341 e. The van der Waals surface area contributed by atoms with Gasteiger partial charge in [-0.05, 0) is 13.3 Å². The van der Waals surface area contributed by atoms with E-state index in [0.29, 0.717) is 0 Å². The highest BCUT2D eigenvalue weighted by atomic mass is 15.3. The molecule has 0 spiro atoms. The Balaban J connectivity index is 2.08. The first-order chi connectivity index (χ1) is 10.3. The second-order valence-electron chi connectivity index (χ2n) is 5.12. The SMILES string of the molecule is CCCCCCN(CC)c1ncnc(-c2ccccc2)n1. The lowest BCUT2D eigenvalue weighted by molar-refractivity contribution is 0.641. The average Bonchev–Trinajstić information content (AvgIpc) is 2.56. The monoisotopic (exact) mass is 284 g/mol. The first-order valence-corrected chi connectivity index (χ1v) is 7.84. The Hall–Kier alpha value is -1.97. The Morgan fingerprint density at radius 3 is 2.48 bits per heavy atom. The molecule has 0 amide bonds. The molecule has 1 aromatic carbocycles. The number of anilines is 1. The van der Waals surface area contributed by atoms with Gasteiger partial charge < -0.3 is 4.90 Å². The molecule has 0 saturated heterocycles. The van der Waals surface area contributed by atoms with Gasteiger partial charge in [-0.15, -0.1) is 0 Å². The molecule has 0 fully saturated rings. The van der Waals surface area contributed by atoms with E-state index in [1.54, 1.807) is 6.33 Å². The summed E-state index contributed by atoms with van der Waals surface area (Å²) in [6.07, 6.45) is 6.62. The summed E-state index contributed by atoms with van der Waals surface area (Å²) < 4.78 is 0. The molecular formula is C17H24N4. The predicted molar refractivity (Wildman–Crippen MR) is 87.3 cm³/mol. The molecule has 0 aliphatic heterocycles. The van der Waals surface area contributed by atoms with Crippen LogP contribution in [0.2, 0.25) is 0 Å². The standard InChI is InChI=1S/C17H24N4/c1-3-5-6-10-13-21(4-2)17-19-14-18-16(20-17)15-11-8-7-9-12-15/h7-9,11-12,14H,3-6,10,13H2,1-2H3. The van der Waals surface area contributed by atoms with Crippen molar-refractivity contribution in [2.45, 2.75) is 39.5 Å². The van der Waals surface area contributed by atoms with Crippen LogP contribution in [0.1, 0.15) is 39.5 Å². The molecule has 0 aliphatic rings. The Morgan fingerprint density at radius 2 is 1.76 bits per heavy atom. The van der Waals surface area contributed by atoms with Crippen LogP contribution in [0.4, 0.5) is 5.95 Å². The van der Waals surface area contributed by atoms with E-state index in [1.165, 1.54) is 25.7 Å². The molecule has 0 aliphatic carbocycles. The van der Waals surface area contributed by atoms with E-state index in [2.05, 4.69) is 33.7 Å². The van der Waals surface area contributed by atoms with Crippen LogP contribution in [-0.4, -0.2) is 28.0 Å². The molecular weight excluding hydrogens is 260 g/mol. The zero-order valence-electron chi connectivity index (χ0n) is 13.0. The summed E-state index contributed by atoms with van der Waals surface area (Å²) in [6, 6.07) is 10.0. The third-order valence-electron chi connectivity index (χ3n) is 3.54. The van der Waals surface area contributed by atoms with Gasteiger partial charge in [0.2, 0.25) is 5.95 Å². The fourth-order valence-corrected chi connectivity index (χ4v) is 2.30. The highest BCUT2D eigenvalue weighted by Gasteiger charge is 2.09. The molecule has 112 valence electrons. The molecule has 21 heavy (non-hydrogen) atoms. The molecule has 0 atom stereocenters. The number of rotatable bonds is 8. The van der Waals surface area contributed by atoms with Crippen molar-refractivity contribution in [3.8, 4) is 11.4 Å². The molecule has 1 aromatic heterocycles. The molecule has 1 heterocycles. The minimum Gasteiger partial charge on any atom is -0.341 e. The highest BCUT2D eigenvalue weighted by Crippen LogP contribution is 2.16. The van der Waals surface area contributed by atoms with Gasteiger partial charge >= 0.3 is 0 Å². The van der Waals surface area contributed by atoms with Crippen molar-refractivity contribution >= 4 is 5.95 Å². The summed E-state index contributed by atoms with van der Waals surface area (Å²) in [7, 11) is 0. The van der Waals surface area contributed by atoms with E-state index >= 15 is 0 Å². The molecule has 0 saturated carbocycles.